The molecule has 0 spiro atoms. The lowest BCUT2D eigenvalue weighted by Crippen LogP contribution is -2.60. The van der Waals surface area contributed by atoms with Crippen LogP contribution in [-0.4, -0.2) is 34.3 Å². The van der Waals surface area contributed by atoms with Crippen LogP contribution < -0.4 is 10.8 Å². The fourth-order valence-electron chi connectivity index (χ4n) is 1.98. The van der Waals surface area contributed by atoms with Crippen LogP contribution in [0.15, 0.2) is 29.6 Å². The highest BCUT2D eigenvalue weighted by Gasteiger charge is 2.44. The van der Waals surface area contributed by atoms with Crippen LogP contribution in [-0.2, 0) is 11.3 Å². The summed E-state index contributed by atoms with van der Waals surface area (Å²) < 4.78 is 25.9. The van der Waals surface area contributed by atoms with Crippen molar-refractivity contribution in [3.05, 3.63) is 34.5 Å². The molecule has 0 aliphatic rings. The molecule has 5 nitrogen and oxygen atoms in total. The largest absolute Gasteiger partial charge is 0.382 e. The van der Waals surface area contributed by atoms with Gasteiger partial charge < -0.3 is 5.11 Å². The van der Waals surface area contributed by atoms with Crippen LogP contribution in [0.5, 0.6) is 0 Å². The number of hydrogen-bond donors (Lipinski definition) is 4. The summed E-state index contributed by atoms with van der Waals surface area (Å²) in [7, 11) is 0. The van der Waals surface area contributed by atoms with Gasteiger partial charge >= 0.3 is 0 Å². The molecule has 0 saturated heterocycles. The predicted molar refractivity (Wildman–Crippen MR) is 84.8 cm³/mol. The Balaban J connectivity index is 2.08. The van der Waals surface area contributed by atoms with Gasteiger partial charge in [-0.05, 0) is 30.5 Å². The standard InChI is InChI=1S/C14H16F2N2O3S2/c1-14(20,13(15)16)11(12(19)18-21)17-7-8-4-5-10(23-8)9-3-2-6-22-9/h2-6,11,13,17,20-21H,7H2,1H3,(H,18,19)/t11-,14+/m1/s1. The zero-order chi connectivity index (χ0) is 17.0. The SMILES string of the molecule is C[C@@](O)(C(F)F)[C@H](NCc1ccc(-c2cccs2)s1)C(=O)NO. The molecule has 0 aliphatic heterocycles. The lowest BCUT2D eigenvalue weighted by atomic mass is 9.96. The zero-order valence-electron chi connectivity index (χ0n) is 12.1. The highest BCUT2D eigenvalue weighted by Crippen LogP contribution is 2.31. The quantitative estimate of drug-likeness (QED) is 0.451. The number of nitrogens with one attached hydrogen (secondary N) is 2. The zero-order valence-corrected chi connectivity index (χ0v) is 13.8. The van der Waals surface area contributed by atoms with Crippen LogP contribution in [0.2, 0.25) is 0 Å². The molecule has 0 saturated carbocycles. The lowest BCUT2D eigenvalue weighted by molar-refractivity contribution is -0.150. The first kappa shape index (κ1) is 18.0. The maximum absolute atomic E-state index is 12.9. The molecule has 126 valence electrons. The van der Waals surface area contributed by atoms with Crippen molar-refractivity contribution in [2.24, 2.45) is 0 Å². The molecular weight excluding hydrogens is 346 g/mol. The van der Waals surface area contributed by atoms with Gasteiger partial charge in [-0.2, -0.15) is 0 Å². The van der Waals surface area contributed by atoms with Crippen molar-refractivity contribution < 1.29 is 23.9 Å². The van der Waals surface area contributed by atoms with E-state index in [4.69, 9.17) is 5.21 Å². The summed E-state index contributed by atoms with van der Waals surface area (Å²) in [4.78, 5) is 14.5. The third-order valence-corrected chi connectivity index (χ3v) is 5.46. The fraction of sp³-hybridized carbons (Fsp3) is 0.357. The summed E-state index contributed by atoms with van der Waals surface area (Å²) >= 11 is 3.04. The summed E-state index contributed by atoms with van der Waals surface area (Å²) in [5.74, 6) is -1.12. The molecule has 0 aliphatic carbocycles. The first-order valence-electron chi connectivity index (χ1n) is 6.66. The average molecular weight is 362 g/mol. The first-order chi connectivity index (χ1) is 10.9. The minimum atomic E-state index is -3.15. The van der Waals surface area contributed by atoms with E-state index in [2.05, 4.69) is 5.32 Å². The number of carbonyl (C=O) groups excluding carboxylic acids is 1. The van der Waals surface area contributed by atoms with Crippen LogP contribution in [0.3, 0.4) is 0 Å². The third-order valence-electron chi connectivity index (χ3n) is 3.30. The number of rotatable bonds is 7. The average Bonchev–Trinajstić information content (AvgIpc) is 3.17. The Bertz CT molecular complexity index is 644. The minimum absolute atomic E-state index is 0.108. The van der Waals surface area contributed by atoms with Crippen LogP contribution in [0.25, 0.3) is 9.75 Å². The highest BCUT2D eigenvalue weighted by molar-refractivity contribution is 7.21. The molecule has 2 rings (SSSR count). The summed E-state index contributed by atoms with van der Waals surface area (Å²) in [6, 6.07) is 5.97. The van der Waals surface area contributed by atoms with E-state index in [1.807, 2.05) is 29.6 Å². The van der Waals surface area contributed by atoms with E-state index in [1.54, 1.807) is 11.3 Å². The normalized spacial score (nSPS) is 15.4. The molecule has 2 aromatic rings. The summed E-state index contributed by atoms with van der Waals surface area (Å²) in [5.41, 5.74) is -1.31. The molecule has 1 amide bonds. The van der Waals surface area contributed by atoms with Gasteiger partial charge in [0.25, 0.3) is 12.3 Å². The predicted octanol–water partition coefficient (Wildman–Crippen LogP) is 2.46. The Morgan fingerprint density at radius 1 is 1.35 bits per heavy atom. The van der Waals surface area contributed by atoms with E-state index < -0.39 is 24.0 Å². The second-order valence-corrected chi connectivity index (χ2v) is 7.18. The van der Waals surface area contributed by atoms with Gasteiger partial charge in [-0.3, -0.25) is 15.3 Å². The van der Waals surface area contributed by atoms with Gasteiger partial charge in [-0.25, -0.2) is 14.3 Å². The minimum Gasteiger partial charge on any atom is -0.382 e. The molecule has 4 N–H and O–H groups in total. The molecule has 0 fully saturated rings. The van der Waals surface area contributed by atoms with E-state index in [0.29, 0.717) is 0 Å². The smallest absolute Gasteiger partial charge is 0.268 e. The summed E-state index contributed by atoms with van der Waals surface area (Å²) in [6.07, 6.45) is -3.15. The third kappa shape index (κ3) is 4.12. The van der Waals surface area contributed by atoms with Gasteiger partial charge in [0, 0.05) is 21.2 Å². The number of hydroxylamine groups is 1. The maximum atomic E-state index is 12.9. The monoisotopic (exact) mass is 362 g/mol. The fourth-order valence-corrected chi connectivity index (χ4v) is 3.78. The lowest BCUT2D eigenvalue weighted by Gasteiger charge is -2.31. The molecule has 9 heteroatoms. The Morgan fingerprint density at radius 2 is 2.09 bits per heavy atom. The molecule has 2 heterocycles. The van der Waals surface area contributed by atoms with E-state index in [-0.39, 0.29) is 6.54 Å². The van der Waals surface area contributed by atoms with Gasteiger partial charge in [-0.1, -0.05) is 6.07 Å². The van der Waals surface area contributed by atoms with Crippen molar-refractivity contribution in [1.82, 2.24) is 10.8 Å². The van der Waals surface area contributed by atoms with E-state index >= 15 is 0 Å². The number of thiophene rings is 2. The van der Waals surface area contributed by atoms with E-state index in [0.717, 1.165) is 21.6 Å². The van der Waals surface area contributed by atoms with E-state index in [9.17, 15) is 18.7 Å². The molecule has 23 heavy (non-hydrogen) atoms. The molecule has 0 radical (unpaired) electrons. The molecule has 0 unspecified atom stereocenters. The van der Waals surface area contributed by atoms with Crippen molar-refractivity contribution in [3.8, 4) is 9.75 Å². The number of hydrogen-bond acceptors (Lipinski definition) is 6. The second kappa shape index (κ2) is 7.45. The Labute approximate surface area is 139 Å². The molecule has 2 aromatic heterocycles. The number of alkyl halides is 2. The van der Waals surface area contributed by atoms with Gasteiger partial charge in [0.15, 0.2) is 0 Å². The van der Waals surface area contributed by atoms with Gasteiger partial charge in [-0.15, -0.1) is 22.7 Å². The number of carbonyl (C=O) groups is 1. The van der Waals surface area contributed by atoms with Crippen molar-refractivity contribution >= 4 is 28.6 Å². The molecule has 0 bridgehead atoms. The molecule has 2 atom stereocenters. The van der Waals surface area contributed by atoms with Crippen molar-refractivity contribution in [2.45, 2.75) is 31.5 Å². The Hall–Kier alpha value is -1.39. The van der Waals surface area contributed by atoms with Crippen LogP contribution >= 0.6 is 22.7 Å². The van der Waals surface area contributed by atoms with Crippen LogP contribution in [0.4, 0.5) is 8.78 Å². The topological polar surface area (TPSA) is 81.6 Å². The molecular formula is C14H16F2N2O3S2. The first-order valence-corrected chi connectivity index (χ1v) is 8.36. The number of amides is 1. The van der Waals surface area contributed by atoms with Gasteiger partial charge in [0.05, 0.1) is 0 Å². The second-order valence-electron chi connectivity index (χ2n) is 5.06. The van der Waals surface area contributed by atoms with E-state index in [1.165, 1.54) is 16.8 Å². The number of aliphatic hydroxyl groups is 1. The van der Waals surface area contributed by atoms with Crippen molar-refractivity contribution in [2.75, 3.05) is 0 Å². The highest BCUT2D eigenvalue weighted by atomic mass is 32.1. The summed E-state index contributed by atoms with van der Waals surface area (Å²) in [6.45, 7) is 0.951. The molecule has 0 aromatic carbocycles. The number of halogens is 2. The van der Waals surface area contributed by atoms with Crippen LogP contribution in [0, 0.1) is 0 Å². The van der Waals surface area contributed by atoms with Gasteiger partial charge in [0.2, 0.25) is 0 Å². The summed E-state index contributed by atoms with van der Waals surface area (Å²) in [5, 5.41) is 23.0. The van der Waals surface area contributed by atoms with Crippen molar-refractivity contribution in [1.29, 1.82) is 0 Å². The van der Waals surface area contributed by atoms with Gasteiger partial charge in [0.1, 0.15) is 11.6 Å². The van der Waals surface area contributed by atoms with Crippen molar-refractivity contribution in [3.63, 3.8) is 0 Å². The maximum Gasteiger partial charge on any atom is 0.268 e. The Morgan fingerprint density at radius 3 is 2.65 bits per heavy atom. The Kier molecular flexibility index (Phi) is 5.82. The van der Waals surface area contributed by atoms with Crippen LogP contribution in [0.1, 0.15) is 11.8 Å².